The average molecular weight is 300 g/mol. The summed E-state index contributed by atoms with van der Waals surface area (Å²) in [6, 6.07) is 2.30. The molecule has 0 fully saturated rings. The molecule has 0 saturated carbocycles. The molecule has 19 heavy (non-hydrogen) atoms. The van der Waals surface area contributed by atoms with Gasteiger partial charge in [-0.3, -0.25) is 0 Å². The van der Waals surface area contributed by atoms with Crippen LogP contribution in [0, 0.1) is 5.82 Å². The highest BCUT2D eigenvalue weighted by Gasteiger charge is 2.31. The van der Waals surface area contributed by atoms with Gasteiger partial charge in [0.1, 0.15) is 17.7 Å². The molecular weight excluding hydrogens is 288 g/mol. The van der Waals surface area contributed by atoms with Crippen LogP contribution in [0.15, 0.2) is 18.2 Å². The summed E-state index contributed by atoms with van der Waals surface area (Å²) in [6.45, 7) is 0. The Labute approximate surface area is 112 Å². The first kappa shape index (κ1) is 16.1. The predicted molar refractivity (Wildman–Crippen MR) is 62.5 cm³/mol. The number of aliphatic hydroxyl groups is 2. The van der Waals surface area contributed by atoms with Gasteiger partial charge in [-0.25, -0.2) is 4.39 Å². The summed E-state index contributed by atoms with van der Waals surface area (Å²) >= 11 is 3.85. The van der Waals surface area contributed by atoms with Crippen molar-refractivity contribution in [3.8, 4) is 5.75 Å². The van der Waals surface area contributed by atoms with Crippen molar-refractivity contribution in [3.05, 3.63) is 29.6 Å². The molecule has 0 amide bonds. The Bertz CT molecular complexity index is 425. The van der Waals surface area contributed by atoms with Crippen LogP contribution < -0.4 is 4.74 Å². The first-order valence-corrected chi connectivity index (χ1v) is 5.90. The molecule has 0 saturated heterocycles. The molecule has 2 unspecified atom stereocenters. The Morgan fingerprint density at radius 3 is 2.37 bits per heavy atom. The first-order chi connectivity index (χ1) is 8.74. The Morgan fingerprint density at radius 1 is 1.26 bits per heavy atom. The molecule has 0 aliphatic heterocycles. The van der Waals surface area contributed by atoms with Gasteiger partial charge in [0.15, 0.2) is 0 Å². The molecule has 0 aliphatic carbocycles. The number of alkyl halides is 3. The van der Waals surface area contributed by atoms with Crippen molar-refractivity contribution in [1.29, 1.82) is 0 Å². The normalized spacial score (nSPS) is 15.1. The molecule has 3 nitrogen and oxygen atoms in total. The van der Waals surface area contributed by atoms with Gasteiger partial charge in [-0.15, -0.1) is 13.2 Å². The number of rotatable bonds is 5. The highest BCUT2D eigenvalue weighted by atomic mass is 32.1. The SMILES string of the molecule is OC(CCS)C(O)c1ccc(OC(F)(F)F)cc1F. The maximum absolute atomic E-state index is 13.5. The molecule has 0 heterocycles. The number of ether oxygens (including phenoxy) is 1. The van der Waals surface area contributed by atoms with Crippen LogP contribution in [0.5, 0.6) is 5.75 Å². The first-order valence-electron chi connectivity index (χ1n) is 5.27. The third-order valence-electron chi connectivity index (χ3n) is 2.31. The van der Waals surface area contributed by atoms with Gasteiger partial charge in [-0.1, -0.05) is 0 Å². The number of hydrogen-bond acceptors (Lipinski definition) is 4. The lowest BCUT2D eigenvalue weighted by Crippen LogP contribution is -2.20. The molecule has 0 aromatic heterocycles. The van der Waals surface area contributed by atoms with Crippen molar-refractivity contribution in [3.63, 3.8) is 0 Å². The largest absolute Gasteiger partial charge is 0.573 e. The molecule has 2 N–H and O–H groups in total. The Morgan fingerprint density at radius 2 is 1.89 bits per heavy atom. The van der Waals surface area contributed by atoms with Crippen molar-refractivity contribution >= 4 is 12.6 Å². The van der Waals surface area contributed by atoms with Crippen LogP contribution in [-0.4, -0.2) is 28.4 Å². The monoisotopic (exact) mass is 300 g/mol. The molecular formula is C11H12F4O3S. The lowest BCUT2D eigenvalue weighted by atomic mass is 10.0. The van der Waals surface area contributed by atoms with E-state index < -0.39 is 30.1 Å². The number of thiol groups is 1. The van der Waals surface area contributed by atoms with E-state index in [4.69, 9.17) is 0 Å². The van der Waals surface area contributed by atoms with Crippen molar-refractivity contribution in [2.45, 2.75) is 25.0 Å². The van der Waals surface area contributed by atoms with E-state index in [1.165, 1.54) is 0 Å². The van der Waals surface area contributed by atoms with E-state index in [1.807, 2.05) is 0 Å². The van der Waals surface area contributed by atoms with Crippen LogP contribution in [0.4, 0.5) is 17.6 Å². The second kappa shape index (κ2) is 6.44. The maximum Gasteiger partial charge on any atom is 0.573 e. The van der Waals surface area contributed by atoms with E-state index in [9.17, 15) is 27.8 Å². The zero-order chi connectivity index (χ0) is 14.6. The average Bonchev–Trinajstić information content (AvgIpc) is 2.26. The highest BCUT2D eigenvalue weighted by Crippen LogP contribution is 2.28. The Balaban J connectivity index is 2.88. The molecule has 8 heteroatoms. The smallest absolute Gasteiger partial charge is 0.406 e. The van der Waals surface area contributed by atoms with Crippen molar-refractivity contribution < 1.29 is 32.5 Å². The number of halogens is 4. The highest BCUT2D eigenvalue weighted by molar-refractivity contribution is 7.80. The molecule has 108 valence electrons. The van der Waals surface area contributed by atoms with Crippen molar-refractivity contribution in [2.75, 3.05) is 5.75 Å². The lowest BCUT2D eigenvalue weighted by molar-refractivity contribution is -0.274. The van der Waals surface area contributed by atoms with Crippen LogP contribution in [0.1, 0.15) is 18.1 Å². The van der Waals surface area contributed by atoms with Gasteiger partial charge >= 0.3 is 6.36 Å². The Hall–Kier alpha value is -0.990. The fraction of sp³-hybridized carbons (Fsp3) is 0.455. The summed E-state index contributed by atoms with van der Waals surface area (Å²) in [5, 5.41) is 19.1. The van der Waals surface area contributed by atoms with Gasteiger partial charge in [-0.05, 0) is 24.3 Å². The standard InChI is InChI=1S/C11H12F4O3S/c12-8-5-6(18-11(13,14)15)1-2-7(8)10(17)9(16)3-4-19/h1-2,5,9-10,16-17,19H,3-4H2. The summed E-state index contributed by atoms with van der Waals surface area (Å²) < 4.78 is 52.8. The molecule has 0 radical (unpaired) electrons. The number of hydrogen-bond donors (Lipinski definition) is 3. The van der Waals surface area contributed by atoms with Crippen LogP contribution >= 0.6 is 12.6 Å². The van der Waals surface area contributed by atoms with E-state index in [2.05, 4.69) is 17.4 Å². The van der Waals surface area contributed by atoms with Gasteiger partial charge in [0.25, 0.3) is 0 Å². The number of aliphatic hydroxyl groups excluding tert-OH is 2. The van der Waals surface area contributed by atoms with E-state index in [0.717, 1.165) is 12.1 Å². The van der Waals surface area contributed by atoms with Crippen LogP contribution in [-0.2, 0) is 0 Å². The minimum Gasteiger partial charge on any atom is -0.406 e. The van der Waals surface area contributed by atoms with Gasteiger partial charge < -0.3 is 14.9 Å². The van der Waals surface area contributed by atoms with E-state index in [-0.39, 0.29) is 17.7 Å². The molecule has 2 atom stereocenters. The van der Waals surface area contributed by atoms with E-state index in [1.54, 1.807) is 0 Å². The van der Waals surface area contributed by atoms with E-state index in [0.29, 0.717) is 6.07 Å². The fourth-order valence-corrected chi connectivity index (χ4v) is 1.71. The lowest BCUT2D eigenvalue weighted by Gasteiger charge is -2.18. The summed E-state index contributed by atoms with van der Waals surface area (Å²) in [7, 11) is 0. The second-order valence-electron chi connectivity index (χ2n) is 3.76. The molecule has 1 rings (SSSR count). The van der Waals surface area contributed by atoms with Gasteiger partial charge in [0.05, 0.1) is 6.10 Å². The zero-order valence-electron chi connectivity index (χ0n) is 9.56. The van der Waals surface area contributed by atoms with Crippen LogP contribution in [0.25, 0.3) is 0 Å². The summed E-state index contributed by atoms with van der Waals surface area (Å²) in [6.07, 6.45) is -7.59. The van der Waals surface area contributed by atoms with Crippen LogP contribution in [0.2, 0.25) is 0 Å². The van der Waals surface area contributed by atoms with Crippen LogP contribution in [0.3, 0.4) is 0 Å². The molecule has 0 spiro atoms. The van der Waals surface area contributed by atoms with Crippen molar-refractivity contribution in [2.24, 2.45) is 0 Å². The summed E-state index contributed by atoms with van der Waals surface area (Å²) in [5.41, 5.74) is -0.302. The fourth-order valence-electron chi connectivity index (χ4n) is 1.44. The van der Waals surface area contributed by atoms with Crippen molar-refractivity contribution in [1.82, 2.24) is 0 Å². The van der Waals surface area contributed by atoms with Gasteiger partial charge in [0, 0.05) is 11.6 Å². The zero-order valence-corrected chi connectivity index (χ0v) is 10.5. The number of benzene rings is 1. The third-order valence-corrected chi connectivity index (χ3v) is 2.57. The maximum atomic E-state index is 13.5. The quantitative estimate of drug-likeness (QED) is 0.578. The second-order valence-corrected chi connectivity index (χ2v) is 4.20. The molecule has 0 bridgehead atoms. The minimum absolute atomic E-state index is 0.116. The predicted octanol–water partition coefficient (Wildman–Crippen LogP) is 2.44. The molecule has 0 aliphatic rings. The Kier molecular flexibility index (Phi) is 5.45. The minimum atomic E-state index is -4.92. The van der Waals surface area contributed by atoms with Gasteiger partial charge in [0.2, 0.25) is 0 Å². The van der Waals surface area contributed by atoms with E-state index >= 15 is 0 Å². The molecule has 1 aromatic rings. The van der Waals surface area contributed by atoms with Gasteiger partial charge in [-0.2, -0.15) is 12.6 Å². The third kappa shape index (κ3) is 4.88. The molecule has 1 aromatic carbocycles. The summed E-state index contributed by atoms with van der Waals surface area (Å²) in [5.74, 6) is -1.55. The summed E-state index contributed by atoms with van der Waals surface area (Å²) in [4.78, 5) is 0. The topological polar surface area (TPSA) is 49.7 Å².